The van der Waals surface area contributed by atoms with Gasteiger partial charge in [-0.3, -0.25) is 14.9 Å². The number of rotatable bonds is 7. The van der Waals surface area contributed by atoms with Gasteiger partial charge in [0.2, 0.25) is 0 Å². The van der Waals surface area contributed by atoms with Crippen molar-refractivity contribution in [2.24, 2.45) is 5.92 Å². The zero-order valence-corrected chi connectivity index (χ0v) is 16.0. The van der Waals surface area contributed by atoms with Crippen LogP contribution in [0.15, 0.2) is 18.2 Å². The maximum Gasteiger partial charge on any atom is 0.293 e. The molecule has 144 valence electrons. The first-order valence-electron chi connectivity index (χ1n) is 9.25. The van der Waals surface area contributed by atoms with E-state index in [1.54, 1.807) is 31.1 Å². The van der Waals surface area contributed by atoms with Crippen LogP contribution in [0.5, 0.6) is 0 Å². The van der Waals surface area contributed by atoms with Crippen LogP contribution in [0.2, 0.25) is 0 Å². The number of nitrogens with one attached hydrogen (secondary N) is 1. The molecule has 1 amide bonds. The fourth-order valence-corrected chi connectivity index (χ4v) is 3.56. The van der Waals surface area contributed by atoms with Crippen LogP contribution >= 0.6 is 0 Å². The third-order valence-electron chi connectivity index (χ3n) is 5.14. The molecule has 26 heavy (non-hydrogen) atoms. The van der Waals surface area contributed by atoms with E-state index in [1.165, 1.54) is 6.07 Å². The van der Waals surface area contributed by atoms with Crippen molar-refractivity contribution in [1.82, 2.24) is 5.32 Å². The van der Waals surface area contributed by atoms with Gasteiger partial charge in [-0.25, -0.2) is 0 Å². The molecule has 0 saturated carbocycles. The van der Waals surface area contributed by atoms with E-state index in [9.17, 15) is 14.9 Å². The fourth-order valence-electron chi connectivity index (χ4n) is 3.56. The van der Waals surface area contributed by atoms with Crippen molar-refractivity contribution in [3.8, 4) is 0 Å². The van der Waals surface area contributed by atoms with Gasteiger partial charge in [0.1, 0.15) is 5.69 Å². The summed E-state index contributed by atoms with van der Waals surface area (Å²) in [6, 6.07) is 4.64. The molecule has 0 unspecified atom stereocenters. The van der Waals surface area contributed by atoms with E-state index in [1.807, 2.05) is 0 Å². The van der Waals surface area contributed by atoms with E-state index in [-0.39, 0.29) is 23.7 Å². The molecule has 0 radical (unpaired) electrons. The van der Waals surface area contributed by atoms with E-state index < -0.39 is 4.92 Å². The quantitative estimate of drug-likeness (QED) is 0.593. The summed E-state index contributed by atoms with van der Waals surface area (Å²) < 4.78 is 5.89. The highest BCUT2D eigenvalue weighted by atomic mass is 16.6. The number of amides is 1. The summed E-state index contributed by atoms with van der Waals surface area (Å²) in [5.74, 6) is 0.226. The number of benzene rings is 1. The maximum atomic E-state index is 12.6. The Hall–Kier alpha value is -2.15. The third kappa shape index (κ3) is 4.72. The third-order valence-corrected chi connectivity index (χ3v) is 5.14. The van der Waals surface area contributed by atoms with Gasteiger partial charge < -0.3 is 15.0 Å². The molecule has 1 N–H and O–H groups in total. The van der Waals surface area contributed by atoms with Crippen LogP contribution in [0.1, 0.15) is 49.9 Å². The molecule has 2 atom stereocenters. The minimum atomic E-state index is -0.455. The van der Waals surface area contributed by atoms with E-state index >= 15 is 0 Å². The van der Waals surface area contributed by atoms with Crippen molar-refractivity contribution in [1.29, 1.82) is 0 Å². The lowest BCUT2D eigenvalue weighted by Crippen LogP contribution is -2.44. The molecule has 7 nitrogen and oxygen atoms in total. The second-order valence-electron chi connectivity index (χ2n) is 7.04. The summed E-state index contributed by atoms with van der Waals surface area (Å²) in [7, 11) is 3.48. The van der Waals surface area contributed by atoms with Crippen molar-refractivity contribution in [3.05, 3.63) is 33.9 Å². The average Bonchev–Trinajstić information content (AvgIpc) is 2.62. The Balaban J connectivity index is 2.09. The predicted molar refractivity (Wildman–Crippen MR) is 102 cm³/mol. The molecule has 1 fully saturated rings. The maximum absolute atomic E-state index is 12.6. The molecule has 0 spiro atoms. The van der Waals surface area contributed by atoms with Crippen LogP contribution in [0.3, 0.4) is 0 Å². The number of nitro groups is 1. The number of hydrogen-bond acceptors (Lipinski definition) is 5. The van der Waals surface area contributed by atoms with Gasteiger partial charge in [0.25, 0.3) is 11.6 Å². The fraction of sp³-hybridized carbons (Fsp3) is 0.632. The Bertz CT molecular complexity index is 644. The average molecular weight is 363 g/mol. The first-order valence-corrected chi connectivity index (χ1v) is 9.25. The summed E-state index contributed by atoms with van der Waals surface area (Å²) >= 11 is 0. The van der Waals surface area contributed by atoms with Gasteiger partial charge in [-0.05, 0) is 30.9 Å². The Morgan fingerprint density at radius 3 is 2.65 bits per heavy atom. The second kappa shape index (κ2) is 8.98. The van der Waals surface area contributed by atoms with Crippen LogP contribution in [0.4, 0.5) is 11.4 Å². The monoisotopic (exact) mass is 363 g/mol. The molecule has 1 saturated heterocycles. The second-order valence-corrected chi connectivity index (χ2v) is 7.04. The minimum absolute atomic E-state index is 0.0365. The van der Waals surface area contributed by atoms with E-state index in [0.717, 1.165) is 25.7 Å². The highest BCUT2D eigenvalue weighted by Gasteiger charge is 2.29. The van der Waals surface area contributed by atoms with Crippen LogP contribution in [0.25, 0.3) is 0 Å². The lowest BCUT2D eigenvalue weighted by Gasteiger charge is -2.34. The van der Waals surface area contributed by atoms with Crippen molar-refractivity contribution in [3.63, 3.8) is 0 Å². The number of nitrogens with zero attached hydrogens (tertiary/aromatic N) is 2. The zero-order valence-electron chi connectivity index (χ0n) is 16.0. The predicted octanol–water partition coefficient (Wildman–Crippen LogP) is 3.37. The van der Waals surface area contributed by atoms with E-state index in [2.05, 4.69) is 19.2 Å². The highest BCUT2D eigenvalue weighted by Crippen LogP contribution is 2.28. The lowest BCUT2D eigenvalue weighted by atomic mass is 9.89. The summed E-state index contributed by atoms with van der Waals surface area (Å²) in [5, 5.41) is 14.3. The normalized spacial score (nSPS) is 20.0. The smallest absolute Gasteiger partial charge is 0.293 e. The van der Waals surface area contributed by atoms with Gasteiger partial charge in [0.15, 0.2) is 0 Å². The van der Waals surface area contributed by atoms with Crippen molar-refractivity contribution < 1.29 is 14.5 Å². The molecule has 2 rings (SSSR count). The minimum Gasteiger partial charge on any atom is -0.378 e. The van der Waals surface area contributed by atoms with Gasteiger partial charge in [-0.2, -0.15) is 0 Å². The topological polar surface area (TPSA) is 84.7 Å². The van der Waals surface area contributed by atoms with Crippen LogP contribution < -0.4 is 10.2 Å². The molecule has 1 heterocycles. The zero-order chi connectivity index (χ0) is 19.3. The van der Waals surface area contributed by atoms with E-state index in [4.69, 9.17) is 4.74 Å². The number of hydrogen-bond donors (Lipinski definition) is 1. The van der Waals surface area contributed by atoms with Crippen molar-refractivity contribution >= 4 is 17.3 Å². The van der Waals surface area contributed by atoms with Gasteiger partial charge in [0.05, 0.1) is 11.0 Å². The number of carbonyl (C=O) groups is 1. The summed E-state index contributed by atoms with van der Waals surface area (Å²) in [6.45, 7) is 4.95. The molecule has 1 aliphatic rings. The van der Waals surface area contributed by atoms with Crippen molar-refractivity contribution in [2.75, 3.05) is 25.6 Å². The first-order chi connectivity index (χ1) is 12.4. The van der Waals surface area contributed by atoms with Crippen LogP contribution in [-0.2, 0) is 4.74 Å². The molecular weight excluding hydrogens is 334 g/mol. The Morgan fingerprint density at radius 1 is 1.38 bits per heavy atom. The standard InChI is InChI=1S/C19H29N3O4/c1-5-13(6-2)18-12-15(9-10-26-18)20-19(23)14-7-8-16(21(3)4)17(11-14)22(24)25/h7-8,11,13,15,18H,5-6,9-10,12H2,1-4H3,(H,20,23)/t15-,18-/m1/s1. The van der Waals surface area contributed by atoms with Gasteiger partial charge in [-0.15, -0.1) is 0 Å². The SMILES string of the molecule is CCC(CC)[C@H]1C[C@H](NC(=O)c2ccc(N(C)C)c([N+](=O)[O-])c2)CCO1. The van der Waals surface area contributed by atoms with Crippen LogP contribution in [-0.4, -0.2) is 43.7 Å². The number of ether oxygens (including phenoxy) is 1. The Kier molecular flexibility index (Phi) is 6.97. The molecule has 1 aromatic rings. The molecule has 0 bridgehead atoms. The number of nitro benzene ring substituents is 1. The molecular formula is C19H29N3O4. The first kappa shape index (κ1) is 20.2. The summed E-state index contributed by atoms with van der Waals surface area (Å²) in [4.78, 5) is 25.1. The molecule has 7 heteroatoms. The van der Waals surface area contributed by atoms with Crippen molar-refractivity contribution in [2.45, 2.75) is 51.7 Å². The highest BCUT2D eigenvalue weighted by molar-refractivity contribution is 5.96. The molecule has 0 aliphatic carbocycles. The lowest BCUT2D eigenvalue weighted by molar-refractivity contribution is -0.384. The molecule has 0 aromatic heterocycles. The molecule has 1 aromatic carbocycles. The number of carbonyl (C=O) groups excluding carboxylic acids is 1. The number of anilines is 1. The largest absolute Gasteiger partial charge is 0.378 e. The summed E-state index contributed by atoms with van der Waals surface area (Å²) in [5.41, 5.74) is 0.726. The van der Waals surface area contributed by atoms with E-state index in [0.29, 0.717) is 23.8 Å². The Morgan fingerprint density at radius 2 is 2.08 bits per heavy atom. The van der Waals surface area contributed by atoms with Gasteiger partial charge >= 0.3 is 0 Å². The van der Waals surface area contributed by atoms with Gasteiger partial charge in [-0.1, -0.05) is 26.7 Å². The van der Waals surface area contributed by atoms with Crippen LogP contribution in [0, 0.1) is 16.0 Å². The molecule has 1 aliphatic heterocycles. The Labute approximate surface area is 154 Å². The summed E-state index contributed by atoms with van der Waals surface area (Å²) in [6.07, 6.45) is 3.82. The van der Waals surface area contributed by atoms with Gasteiger partial charge in [0, 0.05) is 38.4 Å².